The highest BCUT2D eigenvalue weighted by Crippen LogP contribution is 2.20. The third-order valence-corrected chi connectivity index (χ3v) is 4.44. The lowest BCUT2D eigenvalue weighted by Crippen LogP contribution is -2.51. The van der Waals surface area contributed by atoms with Crippen LogP contribution in [0.15, 0.2) is 41.3 Å². The summed E-state index contributed by atoms with van der Waals surface area (Å²) in [4.78, 5) is 60.6. The zero-order valence-electron chi connectivity index (χ0n) is 17.5. The summed E-state index contributed by atoms with van der Waals surface area (Å²) in [6, 6.07) is 6.93. The highest BCUT2D eigenvalue weighted by molar-refractivity contribution is 6.33. The molecule has 0 spiro atoms. The third kappa shape index (κ3) is 7.04. The maximum Gasteiger partial charge on any atom is 0.327 e. The average Bonchev–Trinajstić information content (AvgIpc) is 2.77. The van der Waals surface area contributed by atoms with Crippen molar-refractivity contribution in [1.29, 1.82) is 0 Å². The molecule has 0 bridgehead atoms. The largest absolute Gasteiger partial charge is 0.465 e. The first-order valence-corrected chi connectivity index (χ1v) is 9.91. The van der Waals surface area contributed by atoms with Crippen LogP contribution in [0.5, 0.6) is 0 Å². The van der Waals surface area contributed by atoms with Gasteiger partial charge in [-0.25, -0.2) is 9.40 Å². The van der Waals surface area contributed by atoms with E-state index in [0.717, 1.165) is 4.57 Å². The fourth-order valence-corrected chi connectivity index (χ4v) is 2.74. The zero-order chi connectivity index (χ0) is 24.5. The molecule has 0 saturated carbocycles. The van der Waals surface area contributed by atoms with E-state index in [-0.39, 0.29) is 28.6 Å². The summed E-state index contributed by atoms with van der Waals surface area (Å²) in [6.07, 6.45) is 1.27. The monoisotopic (exact) mass is 481 g/mol. The molecule has 33 heavy (non-hydrogen) atoms. The lowest BCUT2D eigenvalue weighted by atomic mass is 10.2. The highest BCUT2D eigenvalue weighted by atomic mass is 35.5. The van der Waals surface area contributed by atoms with Crippen LogP contribution in [0.25, 0.3) is 0 Å². The van der Waals surface area contributed by atoms with Gasteiger partial charge in [0.25, 0.3) is 23.3 Å². The number of nitrogens with one attached hydrogen (secondary N) is 2. The summed E-state index contributed by atoms with van der Waals surface area (Å²) in [5.41, 5.74) is 7.25. The molecule has 1 heterocycles. The number of nitrogen functional groups attached to an aromatic ring is 1. The van der Waals surface area contributed by atoms with Crippen molar-refractivity contribution in [2.75, 3.05) is 30.9 Å². The molecule has 2 rings (SSSR count). The summed E-state index contributed by atoms with van der Waals surface area (Å²) in [7, 11) is 0. The molecule has 0 radical (unpaired) electrons. The van der Waals surface area contributed by atoms with Crippen LogP contribution >= 0.6 is 11.6 Å². The SMILES string of the molecule is CCOC(=O)CN(NC(=O)Cn1cccc(NC(=O)c2ccc(N)c(Cl)c2)c1=O)C(=O)CF. The standard InChI is InChI=1S/C20H21ClFN5O6/c1-2-33-18(30)11-27(17(29)9-22)25-16(28)10-26-7-3-4-15(20(26)32)24-19(31)12-5-6-14(23)13(21)8-12/h3-8H,2,9-11,23H2,1H3,(H,24,31)(H,25,28). The molecule has 0 aliphatic heterocycles. The number of esters is 1. The minimum atomic E-state index is -1.46. The van der Waals surface area contributed by atoms with Crippen molar-refractivity contribution in [3.05, 3.63) is 57.5 Å². The molecular weight excluding hydrogens is 461 g/mol. The predicted molar refractivity (Wildman–Crippen MR) is 117 cm³/mol. The molecular formula is C20H21ClFN5O6. The number of ether oxygens (including phenoxy) is 1. The number of nitrogens with zero attached hydrogens (tertiary/aromatic N) is 2. The Morgan fingerprint density at radius 1 is 1.24 bits per heavy atom. The number of anilines is 2. The zero-order valence-corrected chi connectivity index (χ0v) is 18.2. The van der Waals surface area contributed by atoms with Crippen molar-refractivity contribution in [1.82, 2.24) is 15.0 Å². The predicted octanol–water partition coefficient (Wildman–Crippen LogP) is 0.729. The molecule has 3 amide bonds. The van der Waals surface area contributed by atoms with Gasteiger partial charge in [0.15, 0.2) is 6.67 Å². The molecule has 2 aromatic rings. The average molecular weight is 482 g/mol. The fourth-order valence-electron chi connectivity index (χ4n) is 2.56. The molecule has 0 aliphatic rings. The van der Waals surface area contributed by atoms with E-state index in [2.05, 4.69) is 15.5 Å². The van der Waals surface area contributed by atoms with Crippen molar-refractivity contribution < 1.29 is 28.3 Å². The number of alkyl halides is 1. The van der Waals surface area contributed by atoms with Gasteiger partial charge in [0.05, 0.1) is 17.3 Å². The van der Waals surface area contributed by atoms with Crippen LogP contribution in [-0.2, 0) is 25.7 Å². The van der Waals surface area contributed by atoms with E-state index in [9.17, 15) is 28.4 Å². The van der Waals surface area contributed by atoms with E-state index < -0.39 is 49.0 Å². The molecule has 4 N–H and O–H groups in total. The lowest BCUT2D eigenvalue weighted by Gasteiger charge is -2.21. The van der Waals surface area contributed by atoms with Crippen molar-refractivity contribution in [3.8, 4) is 0 Å². The maximum atomic E-state index is 12.8. The summed E-state index contributed by atoms with van der Waals surface area (Å²) < 4.78 is 18.4. The molecule has 13 heteroatoms. The Balaban J connectivity index is 2.12. The van der Waals surface area contributed by atoms with Gasteiger partial charge in [0.1, 0.15) is 18.8 Å². The van der Waals surface area contributed by atoms with E-state index in [4.69, 9.17) is 17.3 Å². The molecule has 176 valence electrons. The number of rotatable bonds is 8. The number of hydrogen-bond acceptors (Lipinski definition) is 7. The lowest BCUT2D eigenvalue weighted by molar-refractivity contribution is -0.153. The Bertz CT molecular complexity index is 1120. The number of carbonyl (C=O) groups is 4. The van der Waals surface area contributed by atoms with Crippen molar-refractivity contribution in [2.45, 2.75) is 13.5 Å². The van der Waals surface area contributed by atoms with Gasteiger partial charge in [-0.15, -0.1) is 0 Å². The van der Waals surface area contributed by atoms with E-state index in [1.54, 1.807) is 0 Å². The Hall–Kier alpha value is -3.93. The topological polar surface area (TPSA) is 153 Å². The van der Waals surface area contributed by atoms with Crippen LogP contribution in [0.2, 0.25) is 5.02 Å². The van der Waals surface area contributed by atoms with Gasteiger partial charge in [-0.2, -0.15) is 0 Å². The third-order valence-electron chi connectivity index (χ3n) is 4.11. The summed E-state index contributed by atoms with van der Waals surface area (Å²) in [6.45, 7) is -1.19. The fraction of sp³-hybridized carbons (Fsp3) is 0.250. The van der Waals surface area contributed by atoms with Gasteiger partial charge < -0.3 is 20.4 Å². The number of aromatic nitrogens is 1. The smallest absolute Gasteiger partial charge is 0.327 e. The Labute approximate surface area is 192 Å². The number of hydrogen-bond donors (Lipinski definition) is 3. The summed E-state index contributed by atoms with van der Waals surface area (Å²) in [5.74, 6) is -3.56. The second kappa shape index (κ2) is 11.6. The van der Waals surface area contributed by atoms with E-state index in [0.29, 0.717) is 5.01 Å². The van der Waals surface area contributed by atoms with Gasteiger partial charge >= 0.3 is 5.97 Å². The number of carbonyl (C=O) groups excluding carboxylic acids is 4. The summed E-state index contributed by atoms with van der Waals surface area (Å²) in [5, 5.41) is 3.04. The second-order valence-electron chi connectivity index (χ2n) is 6.50. The Kier molecular flexibility index (Phi) is 8.92. The molecule has 0 aliphatic carbocycles. The molecule has 1 aromatic heterocycles. The molecule has 11 nitrogen and oxygen atoms in total. The Morgan fingerprint density at radius 3 is 2.61 bits per heavy atom. The first kappa shape index (κ1) is 25.3. The van der Waals surface area contributed by atoms with Crippen LogP contribution in [0, 0.1) is 0 Å². The van der Waals surface area contributed by atoms with Crippen LogP contribution in [-0.4, -0.2) is 53.1 Å². The minimum absolute atomic E-state index is 0.0287. The minimum Gasteiger partial charge on any atom is -0.465 e. The van der Waals surface area contributed by atoms with Crippen LogP contribution < -0.4 is 22.0 Å². The maximum absolute atomic E-state index is 12.8. The number of amides is 3. The van der Waals surface area contributed by atoms with Gasteiger partial charge in [-0.05, 0) is 37.3 Å². The van der Waals surface area contributed by atoms with E-state index >= 15 is 0 Å². The number of hydrazine groups is 1. The summed E-state index contributed by atoms with van der Waals surface area (Å²) >= 11 is 5.90. The van der Waals surface area contributed by atoms with Gasteiger partial charge in [0, 0.05) is 11.8 Å². The normalized spacial score (nSPS) is 10.3. The second-order valence-corrected chi connectivity index (χ2v) is 6.91. The molecule has 0 saturated heterocycles. The Morgan fingerprint density at radius 2 is 1.97 bits per heavy atom. The van der Waals surface area contributed by atoms with E-state index in [1.165, 1.54) is 43.5 Å². The molecule has 1 aromatic carbocycles. The number of nitrogens with two attached hydrogens (primary N) is 1. The number of benzene rings is 1. The van der Waals surface area contributed by atoms with Gasteiger partial charge in [-0.3, -0.25) is 29.4 Å². The van der Waals surface area contributed by atoms with Crippen molar-refractivity contribution in [3.63, 3.8) is 0 Å². The molecule has 0 atom stereocenters. The van der Waals surface area contributed by atoms with Crippen LogP contribution in [0.1, 0.15) is 17.3 Å². The quantitative estimate of drug-likeness (QED) is 0.285. The van der Waals surface area contributed by atoms with E-state index in [1.807, 2.05) is 0 Å². The number of halogens is 2. The molecule has 0 fully saturated rings. The van der Waals surface area contributed by atoms with Crippen molar-refractivity contribution in [2.24, 2.45) is 0 Å². The van der Waals surface area contributed by atoms with Crippen molar-refractivity contribution >= 4 is 46.7 Å². The number of pyridine rings is 1. The molecule has 0 unspecified atom stereocenters. The van der Waals surface area contributed by atoms with Crippen LogP contribution in [0.3, 0.4) is 0 Å². The first-order valence-electron chi connectivity index (χ1n) is 9.53. The van der Waals surface area contributed by atoms with Gasteiger partial charge in [0.2, 0.25) is 0 Å². The first-order chi connectivity index (χ1) is 15.7. The van der Waals surface area contributed by atoms with Gasteiger partial charge in [-0.1, -0.05) is 11.6 Å². The highest BCUT2D eigenvalue weighted by Gasteiger charge is 2.21. The van der Waals surface area contributed by atoms with Crippen LogP contribution in [0.4, 0.5) is 15.8 Å².